The molecular weight excluding hydrogens is 362 g/mol. The molecule has 1 unspecified atom stereocenters. The zero-order valence-electron chi connectivity index (χ0n) is 20.6. The molecule has 0 amide bonds. The summed E-state index contributed by atoms with van der Waals surface area (Å²) in [6.07, 6.45) is 5.57. The lowest BCUT2D eigenvalue weighted by Crippen LogP contribution is -2.47. The second-order valence-corrected chi connectivity index (χ2v) is 9.84. The molecule has 0 aromatic rings. The van der Waals surface area contributed by atoms with Crippen LogP contribution >= 0.6 is 0 Å². The molecular formula is C23H49N5O. The number of nitrogens with one attached hydrogen (secondary N) is 4. The van der Waals surface area contributed by atoms with E-state index in [4.69, 9.17) is 10.6 Å². The normalized spacial score (nSPS) is 14.9. The van der Waals surface area contributed by atoms with Crippen molar-refractivity contribution < 1.29 is 5.21 Å². The third kappa shape index (κ3) is 10.6. The molecule has 0 heterocycles. The standard InChI is InChI=1S/C23H49N5O/c1-10-23(9,11-2)27-17-14-20(12-15-25-21(5,6)18(3)24)13-16-26-22(7,8)19(4)28-29/h20,24-27,29H,10-17H2,1-9H3/b24-18?,28-19-. The fourth-order valence-electron chi connectivity index (χ4n) is 3.07. The Kier molecular flexibility index (Phi) is 12.2. The van der Waals surface area contributed by atoms with Crippen LogP contribution in [0.1, 0.15) is 94.4 Å². The molecule has 29 heavy (non-hydrogen) atoms. The van der Waals surface area contributed by atoms with Gasteiger partial charge in [0.1, 0.15) is 0 Å². The lowest BCUT2D eigenvalue weighted by atomic mass is 9.92. The Morgan fingerprint density at radius 1 is 0.828 bits per heavy atom. The van der Waals surface area contributed by atoms with Crippen molar-refractivity contribution in [2.24, 2.45) is 11.1 Å². The Balaban J connectivity index is 4.76. The molecule has 0 saturated heterocycles. The van der Waals surface area contributed by atoms with E-state index in [1.165, 1.54) is 0 Å². The van der Waals surface area contributed by atoms with Crippen molar-refractivity contribution in [1.29, 1.82) is 5.41 Å². The second-order valence-electron chi connectivity index (χ2n) is 9.84. The molecule has 0 bridgehead atoms. The van der Waals surface area contributed by atoms with Gasteiger partial charge in [-0.15, -0.1) is 0 Å². The molecule has 0 aromatic carbocycles. The smallest absolute Gasteiger partial charge is 0.0734 e. The van der Waals surface area contributed by atoms with Gasteiger partial charge in [0.25, 0.3) is 0 Å². The number of oxime groups is 1. The molecule has 0 aromatic heterocycles. The van der Waals surface area contributed by atoms with Crippen LogP contribution in [0.4, 0.5) is 0 Å². The number of nitrogens with zero attached hydrogens (tertiary/aromatic N) is 1. The van der Waals surface area contributed by atoms with E-state index in [2.05, 4.69) is 55.7 Å². The van der Waals surface area contributed by atoms with E-state index < -0.39 is 0 Å². The molecule has 0 radical (unpaired) electrons. The van der Waals surface area contributed by atoms with Crippen molar-refractivity contribution in [1.82, 2.24) is 16.0 Å². The van der Waals surface area contributed by atoms with E-state index >= 15 is 0 Å². The molecule has 0 aliphatic carbocycles. The first-order valence-electron chi connectivity index (χ1n) is 11.3. The summed E-state index contributed by atoms with van der Waals surface area (Å²) in [5.74, 6) is 0.587. The van der Waals surface area contributed by atoms with Gasteiger partial charge in [-0.25, -0.2) is 0 Å². The molecule has 172 valence electrons. The van der Waals surface area contributed by atoms with Crippen LogP contribution in [0.5, 0.6) is 0 Å². The van der Waals surface area contributed by atoms with E-state index in [0.717, 1.165) is 51.7 Å². The molecule has 0 aliphatic heterocycles. The molecule has 6 nitrogen and oxygen atoms in total. The van der Waals surface area contributed by atoms with Gasteiger partial charge in [0, 0.05) is 11.3 Å². The van der Waals surface area contributed by atoms with Gasteiger partial charge in [0.15, 0.2) is 0 Å². The van der Waals surface area contributed by atoms with Crippen LogP contribution < -0.4 is 16.0 Å². The van der Waals surface area contributed by atoms with Crippen molar-refractivity contribution in [3.05, 3.63) is 0 Å². The fraction of sp³-hybridized carbons (Fsp3) is 0.913. The largest absolute Gasteiger partial charge is 0.411 e. The Morgan fingerprint density at radius 2 is 1.24 bits per heavy atom. The van der Waals surface area contributed by atoms with Crippen LogP contribution in [0.2, 0.25) is 0 Å². The summed E-state index contributed by atoms with van der Waals surface area (Å²) in [4.78, 5) is 0. The van der Waals surface area contributed by atoms with Crippen molar-refractivity contribution in [3.8, 4) is 0 Å². The van der Waals surface area contributed by atoms with Crippen LogP contribution in [-0.2, 0) is 0 Å². The summed E-state index contributed by atoms with van der Waals surface area (Å²) in [5.41, 5.74) is 1.03. The summed E-state index contributed by atoms with van der Waals surface area (Å²) in [6.45, 7) is 21.6. The van der Waals surface area contributed by atoms with Crippen molar-refractivity contribution in [2.45, 2.75) is 111 Å². The maximum atomic E-state index is 9.07. The average Bonchev–Trinajstić information content (AvgIpc) is 2.66. The second kappa shape index (κ2) is 12.7. The quantitative estimate of drug-likeness (QED) is 0.146. The Bertz CT molecular complexity index is 509. The zero-order chi connectivity index (χ0) is 22.7. The van der Waals surface area contributed by atoms with Crippen LogP contribution in [0.15, 0.2) is 5.16 Å². The minimum atomic E-state index is -0.307. The Labute approximate surface area is 180 Å². The highest BCUT2D eigenvalue weighted by molar-refractivity contribution is 5.90. The monoisotopic (exact) mass is 411 g/mol. The molecule has 0 aliphatic rings. The maximum absolute atomic E-state index is 9.07. The average molecular weight is 412 g/mol. The van der Waals surface area contributed by atoms with Crippen LogP contribution in [0.3, 0.4) is 0 Å². The van der Waals surface area contributed by atoms with Crippen molar-refractivity contribution in [2.75, 3.05) is 19.6 Å². The van der Waals surface area contributed by atoms with Crippen LogP contribution in [0.25, 0.3) is 0 Å². The minimum Gasteiger partial charge on any atom is -0.411 e. The molecule has 1 atom stereocenters. The number of hydrogen-bond acceptors (Lipinski definition) is 6. The molecule has 0 fully saturated rings. The maximum Gasteiger partial charge on any atom is 0.0734 e. The van der Waals surface area contributed by atoms with Gasteiger partial charge in [0.2, 0.25) is 0 Å². The first-order valence-corrected chi connectivity index (χ1v) is 11.3. The third-order valence-electron chi connectivity index (χ3n) is 6.90. The van der Waals surface area contributed by atoms with E-state index in [-0.39, 0.29) is 16.6 Å². The van der Waals surface area contributed by atoms with Gasteiger partial charge >= 0.3 is 0 Å². The van der Waals surface area contributed by atoms with Crippen LogP contribution in [-0.4, -0.2) is 52.9 Å². The van der Waals surface area contributed by atoms with E-state index in [0.29, 0.717) is 17.3 Å². The van der Waals surface area contributed by atoms with Gasteiger partial charge in [-0.3, -0.25) is 0 Å². The summed E-state index contributed by atoms with van der Waals surface area (Å²) in [5, 5.41) is 31.2. The number of hydrogen-bond donors (Lipinski definition) is 5. The topological polar surface area (TPSA) is 92.5 Å². The van der Waals surface area contributed by atoms with Gasteiger partial charge in [-0.2, -0.15) is 0 Å². The van der Waals surface area contributed by atoms with Gasteiger partial charge in [-0.1, -0.05) is 19.0 Å². The summed E-state index contributed by atoms with van der Waals surface area (Å²) < 4.78 is 0. The van der Waals surface area contributed by atoms with E-state index in [1.54, 1.807) is 0 Å². The highest BCUT2D eigenvalue weighted by Crippen LogP contribution is 2.18. The highest BCUT2D eigenvalue weighted by Gasteiger charge is 2.23. The predicted octanol–water partition coefficient (Wildman–Crippen LogP) is 4.57. The first kappa shape index (κ1) is 28.0. The fourth-order valence-corrected chi connectivity index (χ4v) is 3.07. The van der Waals surface area contributed by atoms with Gasteiger partial charge in [0.05, 0.1) is 16.8 Å². The third-order valence-corrected chi connectivity index (χ3v) is 6.90. The lowest BCUT2D eigenvalue weighted by Gasteiger charge is -2.31. The molecule has 0 spiro atoms. The molecule has 6 heteroatoms. The van der Waals surface area contributed by atoms with E-state index in [1.807, 2.05) is 27.7 Å². The SMILES string of the molecule is CCC(C)(CC)NCCC(CCNC(C)(C)C(C)=N)CCNC(C)(C)/C(C)=N\O. The van der Waals surface area contributed by atoms with Crippen molar-refractivity contribution >= 4 is 11.4 Å². The zero-order valence-corrected chi connectivity index (χ0v) is 20.6. The Hall–Kier alpha value is -0.980. The minimum absolute atomic E-state index is 0.219. The van der Waals surface area contributed by atoms with Gasteiger partial charge in [-0.05, 0) is 106 Å². The summed E-state index contributed by atoms with van der Waals surface area (Å²) in [7, 11) is 0. The molecule has 0 rings (SSSR count). The van der Waals surface area contributed by atoms with Crippen LogP contribution in [0, 0.1) is 11.3 Å². The van der Waals surface area contributed by atoms with E-state index in [9.17, 15) is 0 Å². The summed E-state index contributed by atoms with van der Waals surface area (Å²) >= 11 is 0. The lowest BCUT2D eigenvalue weighted by molar-refractivity contribution is 0.297. The summed E-state index contributed by atoms with van der Waals surface area (Å²) in [6, 6.07) is 0. The number of rotatable bonds is 16. The first-order chi connectivity index (χ1) is 13.3. The molecule has 5 N–H and O–H groups in total. The highest BCUT2D eigenvalue weighted by atomic mass is 16.4. The Morgan fingerprint density at radius 3 is 1.62 bits per heavy atom. The predicted molar refractivity (Wildman–Crippen MR) is 127 cm³/mol. The molecule has 0 saturated carbocycles. The van der Waals surface area contributed by atoms with Gasteiger partial charge < -0.3 is 26.6 Å². The van der Waals surface area contributed by atoms with Crippen molar-refractivity contribution in [3.63, 3.8) is 0 Å².